The van der Waals surface area contributed by atoms with Crippen molar-refractivity contribution in [2.75, 3.05) is 10.8 Å². The highest BCUT2D eigenvalue weighted by molar-refractivity contribution is 9.10. The molecule has 154 valence electrons. The number of carbonyl (C=O) groups excluding carboxylic acids is 1. The number of hydrogen-bond acceptors (Lipinski definition) is 4. The number of hydrogen-bond donors (Lipinski definition) is 1. The molecule has 1 N–H and O–H groups in total. The molecule has 2 aromatic rings. The van der Waals surface area contributed by atoms with Gasteiger partial charge in [0.15, 0.2) is 5.82 Å². The lowest BCUT2D eigenvalue weighted by Crippen LogP contribution is -2.31. The quantitative estimate of drug-likeness (QED) is 0.634. The van der Waals surface area contributed by atoms with Gasteiger partial charge in [-0.3, -0.25) is 4.79 Å². The molecule has 1 aliphatic rings. The number of halogens is 2. The maximum absolute atomic E-state index is 15.5. The molecule has 0 unspecified atom stereocenters. The lowest BCUT2D eigenvalue weighted by atomic mass is 10.1. The highest BCUT2D eigenvalue weighted by Crippen LogP contribution is 2.40. The molecule has 0 radical (unpaired) electrons. The number of allylic oxidation sites excluding steroid dienone is 2. The number of ether oxygens (including phenoxy) is 1. The molecule has 6 nitrogen and oxygen atoms in total. The Morgan fingerprint density at radius 1 is 1.31 bits per heavy atom. The number of nitrogens with one attached hydrogen (secondary N) is 1. The van der Waals surface area contributed by atoms with Crippen molar-refractivity contribution < 1.29 is 22.3 Å². The molecule has 1 saturated heterocycles. The van der Waals surface area contributed by atoms with E-state index in [1.165, 1.54) is 6.07 Å². The summed E-state index contributed by atoms with van der Waals surface area (Å²) in [4.78, 5) is 11.7. The third kappa shape index (κ3) is 4.79. The summed E-state index contributed by atoms with van der Waals surface area (Å²) >= 11 is 3.36. The first-order valence-corrected chi connectivity index (χ1v) is 11.1. The molecule has 2 aromatic carbocycles. The van der Waals surface area contributed by atoms with E-state index in [0.29, 0.717) is 8.78 Å². The second kappa shape index (κ2) is 8.54. The molecular formula is C20H20BrFN2O4S. The van der Waals surface area contributed by atoms with Crippen LogP contribution >= 0.6 is 15.9 Å². The van der Waals surface area contributed by atoms with Crippen molar-refractivity contribution in [2.24, 2.45) is 0 Å². The summed E-state index contributed by atoms with van der Waals surface area (Å²) in [5.74, 6) is -1.45. The zero-order chi connectivity index (χ0) is 21.2. The summed E-state index contributed by atoms with van der Waals surface area (Å²) in [5.41, 5.74) is 1.83. The number of nitrogens with zero attached hydrogens (tertiary/aromatic N) is 1. The minimum absolute atomic E-state index is 0.0271. The Morgan fingerprint density at radius 3 is 2.59 bits per heavy atom. The predicted octanol–water partition coefficient (Wildman–Crippen LogP) is 3.86. The van der Waals surface area contributed by atoms with Crippen LogP contribution in [-0.4, -0.2) is 20.9 Å². The number of amides is 1. The van der Waals surface area contributed by atoms with Gasteiger partial charge in [-0.25, -0.2) is 13.4 Å². The summed E-state index contributed by atoms with van der Waals surface area (Å²) in [6.07, 6.45) is 2.09. The van der Waals surface area contributed by atoms with E-state index in [9.17, 15) is 13.2 Å². The fourth-order valence-electron chi connectivity index (χ4n) is 2.84. The number of carbonyl (C=O) groups is 1. The highest BCUT2D eigenvalue weighted by Gasteiger charge is 2.38. The Balaban J connectivity index is 2.08. The van der Waals surface area contributed by atoms with E-state index in [1.54, 1.807) is 0 Å². The molecule has 0 saturated carbocycles. The fourth-order valence-corrected chi connectivity index (χ4v) is 4.55. The van der Waals surface area contributed by atoms with E-state index < -0.39 is 28.5 Å². The van der Waals surface area contributed by atoms with Crippen molar-refractivity contribution in [2.45, 2.75) is 26.9 Å². The van der Waals surface area contributed by atoms with Crippen molar-refractivity contribution in [1.29, 1.82) is 0 Å². The van der Waals surface area contributed by atoms with Gasteiger partial charge in [0.1, 0.15) is 24.6 Å². The zero-order valence-corrected chi connectivity index (χ0v) is 18.3. The van der Waals surface area contributed by atoms with E-state index in [1.807, 2.05) is 55.0 Å². The molecule has 3 rings (SSSR count). The Hall–Kier alpha value is -2.39. The van der Waals surface area contributed by atoms with E-state index >= 15 is 4.39 Å². The summed E-state index contributed by atoms with van der Waals surface area (Å²) in [5, 5.41) is 0. The molecule has 0 aromatic heterocycles. The SMILES string of the molecule is CC(C)=CCc1c(Br)cc(OCc2ccccc2)c(N2CC(=O)NS2(=O)=O)c1F. The number of rotatable bonds is 6. The van der Waals surface area contributed by atoms with E-state index in [2.05, 4.69) is 15.9 Å². The molecule has 1 aliphatic heterocycles. The minimum atomic E-state index is -4.20. The molecule has 0 spiro atoms. The molecule has 1 fully saturated rings. The third-order valence-corrected chi connectivity index (χ3v) is 6.36. The Labute approximate surface area is 177 Å². The second-order valence-corrected chi connectivity index (χ2v) is 9.24. The van der Waals surface area contributed by atoms with Gasteiger partial charge in [0.25, 0.3) is 5.91 Å². The average Bonchev–Trinajstić information content (AvgIpc) is 2.92. The van der Waals surface area contributed by atoms with Crippen LogP contribution < -0.4 is 13.8 Å². The predicted molar refractivity (Wildman–Crippen MR) is 112 cm³/mol. The summed E-state index contributed by atoms with van der Waals surface area (Å²) in [7, 11) is -4.20. The van der Waals surface area contributed by atoms with Gasteiger partial charge < -0.3 is 4.74 Å². The molecule has 1 heterocycles. The van der Waals surface area contributed by atoms with Gasteiger partial charge >= 0.3 is 10.2 Å². The van der Waals surface area contributed by atoms with Gasteiger partial charge in [0.2, 0.25) is 0 Å². The van der Waals surface area contributed by atoms with Crippen LogP contribution in [0.3, 0.4) is 0 Å². The minimum Gasteiger partial charge on any atom is -0.487 e. The Morgan fingerprint density at radius 2 is 2.00 bits per heavy atom. The van der Waals surface area contributed by atoms with Crippen LogP contribution in [0.15, 0.2) is 52.5 Å². The largest absolute Gasteiger partial charge is 0.487 e. The topological polar surface area (TPSA) is 75.7 Å². The summed E-state index contributed by atoms with van der Waals surface area (Å²) in [6, 6.07) is 10.8. The first kappa shape index (κ1) is 21.3. The van der Waals surface area contributed by atoms with E-state index in [0.717, 1.165) is 11.1 Å². The van der Waals surface area contributed by atoms with Crippen LogP contribution in [0.4, 0.5) is 10.1 Å². The zero-order valence-electron chi connectivity index (χ0n) is 15.9. The lowest BCUT2D eigenvalue weighted by Gasteiger charge is -2.22. The first-order valence-electron chi connectivity index (χ1n) is 8.83. The first-order chi connectivity index (χ1) is 13.7. The lowest BCUT2D eigenvalue weighted by molar-refractivity contribution is -0.117. The normalized spacial score (nSPS) is 15.2. The van der Waals surface area contributed by atoms with Gasteiger partial charge in [0.05, 0.1) is 0 Å². The van der Waals surface area contributed by atoms with Gasteiger partial charge in [-0.05, 0) is 31.9 Å². The maximum Gasteiger partial charge on any atom is 0.326 e. The molecule has 0 aliphatic carbocycles. The van der Waals surface area contributed by atoms with Crippen LogP contribution in [0, 0.1) is 5.82 Å². The summed E-state index contributed by atoms with van der Waals surface area (Å²) < 4.78 is 49.0. The maximum atomic E-state index is 15.5. The molecule has 1 amide bonds. The average molecular weight is 483 g/mol. The van der Waals surface area contributed by atoms with Crippen molar-refractivity contribution in [3.63, 3.8) is 0 Å². The molecule has 9 heteroatoms. The van der Waals surface area contributed by atoms with Crippen molar-refractivity contribution >= 4 is 37.7 Å². The number of benzene rings is 2. The van der Waals surface area contributed by atoms with Crippen LogP contribution in [0.2, 0.25) is 0 Å². The van der Waals surface area contributed by atoms with Gasteiger partial charge in [0, 0.05) is 10.0 Å². The fraction of sp³-hybridized carbons (Fsp3) is 0.250. The monoisotopic (exact) mass is 482 g/mol. The summed E-state index contributed by atoms with van der Waals surface area (Å²) in [6.45, 7) is 3.38. The standard InChI is InChI=1S/C20H20BrFN2O4S/c1-13(2)8-9-15-16(21)10-17(28-12-14-6-4-3-5-7-14)20(19(15)22)24-11-18(25)23-29(24,26)27/h3-8,10H,9,11-12H2,1-2H3,(H,23,25). The molecule has 0 bridgehead atoms. The molecule has 29 heavy (non-hydrogen) atoms. The van der Waals surface area contributed by atoms with Crippen LogP contribution in [0.5, 0.6) is 5.75 Å². The van der Waals surface area contributed by atoms with Crippen LogP contribution in [-0.2, 0) is 28.0 Å². The Kier molecular flexibility index (Phi) is 6.28. The van der Waals surface area contributed by atoms with Crippen molar-refractivity contribution in [3.05, 3.63) is 69.5 Å². The smallest absolute Gasteiger partial charge is 0.326 e. The van der Waals surface area contributed by atoms with Crippen molar-refractivity contribution in [1.82, 2.24) is 4.72 Å². The molecular weight excluding hydrogens is 463 g/mol. The van der Waals surface area contributed by atoms with Gasteiger partial charge in [-0.1, -0.05) is 57.9 Å². The molecule has 0 atom stereocenters. The van der Waals surface area contributed by atoms with Gasteiger partial charge in [-0.15, -0.1) is 0 Å². The van der Waals surface area contributed by atoms with Crippen molar-refractivity contribution in [3.8, 4) is 5.75 Å². The van der Waals surface area contributed by atoms with E-state index in [4.69, 9.17) is 4.74 Å². The number of anilines is 1. The van der Waals surface area contributed by atoms with E-state index in [-0.39, 0.29) is 30.0 Å². The Bertz CT molecular complexity index is 1070. The van der Waals surface area contributed by atoms with Crippen LogP contribution in [0.25, 0.3) is 0 Å². The van der Waals surface area contributed by atoms with Gasteiger partial charge in [-0.2, -0.15) is 8.42 Å². The van der Waals surface area contributed by atoms with Crippen LogP contribution in [0.1, 0.15) is 25.0 Å². The second-order valence-electron chi connectivity index (χ2n) is 6.79. The highest BCUT2D eigenvalue weighted by atomic mass is 79.9. The third-order valence-electron chi connectivity index (χ3n) is 4.27.